The second-order valence-electron chi connectivity index (χ2n) is 3.94. The molecule has 0 atom stereocenters. The Morgan fingerprint density at radius 1 is 1.26 bits per heavy atom. The maximum atomic E-state index is 5.75. The molecule has 2 heterocycles. The van der Waals surface area contributed by atoms with Crippen LogP contribution in [0.4, 0.5) is 5.95 Å². The third kappa shape index (κ3) is 2.69. The third-order valence-corrected chi connectivity index (χ3v) is 3.87. The predicted octanol–water partition coefficient (Wildman–Crippen LogP) is 3.62. The summed E-state index contributed by atoms with van der Waals surface area (Å²) in [6.45, 7) is 0.445. The highest BCUT2D eigenvalue weighted by Gasteiger charge is 2.08. The van der Waals surface area contributed by atoms with Gasteiger partial charge in [-0.25, -0.2) is 4.98 Å². The van der Waals surface area contributed by atoms with Gasteiger partial charge in [0, 0.05) is 4.47 Å². The summed E-state index contributed by atoms with van der Waals surface area (Å²) in [5.74, 6) is 0.767. The second kappa shape index (κ2) is 5.14. The molecule has 2 aromatic heterocycles. The highest BCUT2D eigenvalue weighted by atomic mass is 79.9. The first-order chi connectivity index (χ1) is 9.22. The zero-order chi connectivity index (χ0) is 13.2. The molecule has 0 amide bonds. The van der Waals surface area contributed by atoms with Crippen molar-refractivity contribution in [3.8, 4) is 5.88 Å². The van der Waals surface area contributed by atoms with E-state index in [9.17, 15) is 0 Å². The lowest BCUT2D eigenvalue weighted by Gasteiger charge is -2.07. The molecule has 0 radical (unpaired) electrons. The van der Waals surface area contributed by atoms with E-state index >= 15 is 0 Å². The van der Waals surface area contributed by atoms with Gasteiger partial charge in [0.25, 0.3) is 0 Å². The van der Waals surface area contributed by atoms with Gasteiger partial charge in [0.15, 0.2) is 0 Å². The molecule has 3 rings (SSSR count). The smallest absolute Gasteiger partial charge is 0.227 e. The van der Waals surface area contributed by atoms with Gasteiger partial charge in [-0.3, -0.25) is 0 Å². The molecule has 6 heteroatoms. The van der Waals surface area contributed by atoms with Crippen LogP contribution in [0.5, 0.6) is 5.88 Å². The van der Waals surface area contributed by atoms with Crippen LogP contribution in [0.3, 0.4) is 0 Å². The lowest BCUT2D eigenvalue weighted by molar-refractivity contribution is 0.298. The van der Waals surface area contributed by atoms with E-state index in [0.29, 0.717) is 12.5 Å². The van der Waals surface area contributed by atoms with Gasteiger partial charge in [0.05, 0.1) is 5.39 Å². The van der Waals surface area contributed by atoms with E-state index in [1.54, 1.807) is 0 Å². The van der Waals surface area contributed by atoms with Crippen LogP contribution in [-0.4, -0.2) is 9.97 Å². The molecule has 0 aliphatic heterocycles. The van der Waals surface area contributed by atoms with Crippen molar-refractivity contribution in [1.29, 1.82) is 0 Å². The van der Waals surface area contributed by atoms with Crippen LogP contribution in [0.2, 0.25) is 0 Å². The number of halogens is 1. The van der Waals surface area contributed by atoms with Crippen LogP contribution in [0, 0.1) is 0 Å². The van der Waals surface area contributed by atoms with Crippen molar-refractivity contribution in [2.45, 2.75) is 6.61 Å². The summed E-state index contributed by atoms with van der Waals surface area (Å²) in [5, 5.41) is 2.85. The molecule has 0 spiro atoms. The van der Waals surface area contributed by atoms with Crippen LogP contribution in [0.25, 0.3) is 10.2 Å². The van der Waals surface area contributed by atoms with E-state index < -0.39 is 0 Å². The Morgan fingerprint density at radius 2 is 2.16 bits per heavy atom. The zero-order valence-corrected chi connectivity index (χ0v) is 12.2. The minimum absolute atomic E-state index is 0.235. The van der Waals surface area contributed by atoms with Crippen LogP contribution in [0.15, 0.2) is 40.2 Å². The van der Waals surface area contributed by atoms with Gasteiger partial charge in [-0.2, -0.15) is 4.98 Å². The molecule has 0 bridgehead atoms. The molecule has 0 saturated carbocycles. The number of nitrogens with zero attached hydrogens (tertiary/aromatic N) is 2. The number of fused-ring (bicyclic) bond motifs is 1. The Bertz CT molecular complexity index is 729. The van der Waals surface area contributed by atoms with Crippen LogP contribution in [-0.2, 0) is 6.61 Å². The van der Waals surface area contributed by atoms with Crippen molar-refractivity contribution in [2.75, 3.05) is 5.73 Å². The molecule has 19 heavy (non-hydrogen) atoms. The molecule has 96 valence electrons. The molecule has 2 N–H and O–H groups in total. The first kappa shape index (κ1) is 12.4. The predicted molar refractivity (Wildman–Crippen MR) is 80.3 cm³/mol. The van der Waals surface area contributed by atoms with E-state index in [1.165, 1.54) is 11.3 Å². The lowest BCUT2D eigenvalue weighted by atomic mass is 10.2. The number of aromatic nitrogens is 2. The molecule has 3 aromatic rings. The number of rotatable bonds is 3. The highest BCUT2D eigenvalue weighted by molar-refractivity contribution is 9.10. The molecule has 0 fully saturated rings. The minimum Gasteiger partial charge on any atom is -0.472 e. The largest absolute Gasteiger partial charge is 0.472 e. The Kier molecular flexibility index (Phi) is 3.35. The Balaban J connectivity index is 1.87. The Morgan fingerprint density at radius 3 is 3.00 bits per heavy atom. The van der Waals surface area contributed by atoms with E-state index in [4.69, 9.17) is 10.5 Å². The van der Waals surface area contributed by atoms with Crippen molar-refractivity contribution in [3.05, 3.63) is 45.7 Å². The van der Waals surface area contributed by atoms with Gasteiger partial charge in [0.2, 0.25) is 11.8 Å². The average Bonchev–Trinajstić information content (AvgIpc) is 2.84. The summed E-state index contributed by atoms with van der Waals surface area (Å²) in [7, 11) is 0. The Hall–Kier alpha value is -1.66. The normalized spacial score (nSPS) is 10.8. The second-order valence-corrected chi connectivity index (χ2v) is 5.76. The van der Waals surface area contributed by atoms with Crippen molar-refractivity contribution < 1.29 is 4.74 Å². The quantitative estimate of drug-likeness (QED) is 0.794. The van der Waals surface area contributed by atoms with Gasteiger partial charge in [-0.1, -0.05) is 28.1 Å². The molecule has 0 aliphatic carbocycles. The SMILES string of the molecule is Nc1nc(OCc2cccc(Br)c2)c2ccsc2n1. The lowest BCUT2D eigenvalue weighted by Crippen LogP contribution is -2.01. The number of thiophene rings is 1. The summed E-state index contributed by atoms with van der Waals surface area (Å²) >= 11 is 4.96. The van der Waals surface area contributed by atoms with Crippen molar-refractivity contribution >= 4 is 43.4 Å². The summed E-state index contributed by atoms with van der Waals surface area (Å²) in [5.41, 5.74) is 6.74. The van der Waals surface area contributed by atoms with Crippen molar-refractivity contribution in [1.82, 2.24) is 9.97 Å². The fourth-order valence-corrected chi connectivity index (χ4v) is 2.94. The zero-order valence-electron chi connectivity index (χ0n) is 9.84. The van der Waals surface area contributed by atoms with Crippen LogP contribution in [0.1, 0.15) is 5.56 Å². The maximum Gasteiger partial charge on any atom is 0.227 e. The van der Waals surface area contributed by atoms with Gasteiger partial charge in [-0.15, -0.1) is 11.3 Å². The molecular weight excluding hydrogens is 326 g/mol. The number of hydrogen-bond acceptors (Lipinski definition) is 5. The summed E-state index contributed by atoms with van der Waals surface area (Å²) in [4.78, 5) is 9.16. The standard InChI is InChI=1S/C13H10BrN3OS/c14-9-3-1-2-8(6-9)7-18-11-10-4-5-19-12(10)17-13(15)16-11/h1-6H,7H2,(H2,15,16,17). The van der Waals surface area contributed by atoms with Crippen LogP contribution >= 0.6 is 27.3 Å². The van der Waals surface area contributed by atoms with E-state index in [1.807, 2.05) is 35.7 Å². The van der Waals surface area contributed by atoms with E-state index in [2.05, 4.69) is 25.9 Å². The van der Waals surface area contributed by atoms with E-state index in [-0.39, 0.29) is 5.95 Å². The molecule has 4 nitrogen and oxygen atoms in total. The number of nitrogens with two attached hydrogens (primary N) is 1. The average molecular weight is 336 g/mol. The van der Waals surface area contributed by atoms with Gasteiger partial charge >= 0.3 is 0 Å². The molecule has 0 aliphatic rings. The van der Waals surface area contributed by atoms with Crippen LogP contribution < -0.4 is 10.5 Å². The summed E-state index contributed by atoms with van der Waals surface area (Å²) < 4.78 is 6.78. The van der Waals surface area contributed by atoms with Gasteiger partial charge in [0.1, 0.15) is 11.4 Å². The minimum atomic E-state index is 0.235. The summed E-state index contributed by atoms with van der Waals surface area (Å²) in [6, 6.07) is 9.89. The van der Waals surface area contributed by atoms with Gasteiger partial charge in [-0.05, 0) is 29.1 Å². The number of nitrogen functional groups attached to an aromatic ring is 1. The molecular formula is C13H10BrN3OS. The maximum absolute atomic E-state index is 5.75. The van der Waals surface area contributed by atoms with Gasteiger partial charge < -0.3 is 10.5 Å². The van der Waals surface area contributed by atoms with Crippen molar-refractivity contribution in [3.63, 3.8) is 0 Å². The number of benzene rings is 1. The topological polar surface area (TPSA) is 61.0 Å². The fourth-order valence-electron chi connectivity index (χ4n) is 1.73. The number of ether oxygens (including phenoxy) is 1. The molecule has 0 unspecified atom stereocenters. The Labute approximate surface area is 122 Å². The number of anilines is 1. The fraction of sp³-hybridized carbons (Fsp3) is 0.0769. The molecule has 0 saturated heterocycles. The third-order valence-electron chi connectivity index (χ3n) is 2.57. The van der Waals surface area contributed by atoms with E-state index in [0.717, 1.165) is 20.3 Å². The first-order valence-electron chi connectivity index (χ1n) is 5.60. The number of hydrogen-bond donors (Lipinski definition) is 1. The summed E-state index contributed by atoms with van der Waals surface area (Å²) in [6.07, 6.45) is 0. The first-order valence-corrected chi connectivity index (χ1v) is 7.27. The monoisotopic (exact) mass is 335 g/mol. The molecule has 1 aromatic carbocycles. The highest BCUT2D eigenvalue weighted by Crippen LogP contribution is 2.28. The van der Waals surface area contributed by atoms with Crippen molar-refractivity contribution in [2.24, 2.45) is 0 Å².